The summed E-state index contributed by atoms with van der Waals surface area (Å²) in [5.41, 5.74) is 0. The molecule has 0 radical (unpaired) electrons. The second-order valence-corrected chi connectivity index (χ2v) is 19.5. The minimum Gasteiger partial charge on any atom is -0.0654 e. The van der Waals surface area contributed by atoms with Crippen LogP contribution in [0.4, 0.5) is 0 Å². The largest absolute Gasteiger partial charge is 0.0654 e. The van der Waals surface area contributed by atoms with Crippen LogP contribution in [-0.2, 0) is 0 Å². The van der Waals surface area contributed by atoms with Gasteiger partial charge in [0.2, 0.25) is 0 Å². The molecule has 0 saturated heterocycles. The third-order valence-corrected chi connectivity index (χ3v) is 13.6. The standard InChI is InChI=1S/C56H114/c1-4-7-10-13-16-19-22-25-28-31-34-37-40-43-46-49-52-55-56(53-50-47-44-41-38-35-32-29-26-23-20-17-14-11-8-5-2)54-51-48-45-42-39-36-33-30-27-24-21-18-15-12-9-6-3/h56H,4-55H2,1-3H3. The molecule has 0 saturated carbocycles. The fourth-order valence-electron chi connectivity index (χ4n) is 9.55. The van der Waals surface area contributed by atoms with Crippen LogP contribution in [0.15, 0.2) is 0 Å². The molecule has 0 unspecified atom stereocenters. The zero-order valence-electron chi connectivity index (χ0n) is 40.3. The smallest absolute Gasteiger partial charge is 0.0414 e. The van der Waals surface area contributed by atoms with Gasteiger partial charge in [-0.1, -0.05) is 355 Å². The average molecular weight is 788 g/mol. The van der Waals surface area contributed by atoms with Crippen molar-refractivity contribution < 1.29 is 0 Å². The van der Waals surface area contributed by atoms with Gasteiger partial charge in [0.15, 0.2) is 0 Å². The molecule has 0 aromatic carbocycles. The van der Waals surface area contributed by atoms with E-state index in [4.69, 9.17) is 0 Å². The van der Waals surface area contributed by atoms with E-state index in [0.717, 1.165) is 5.92 Å². The highest BCUT2D eigenvalue weighted by molar-refractivity contribution is 4.63. The van der Waals surface area contributed by atoms with Crippen molar-refractivity contribution in [2.45, 2.75) is 355 Å². The Hall–Kier alpha value is 0. The minimum atomic E-state index is 1.03. The Morgan fingerprint density at radius 2 is 0.250 bits per heavy atom. The summed E-state index contributed by atoms with van der Waals surface area (Å²) >= 11 is 0. The summed E-state index contributed by atoms with van der Waals surface area (Å²) in [5, 5.41) is 0. The first-order chi connectivity index (χ1) is 27.8. The molecule has 0 fully saturated rings. The lowest BCUT2D eigenvalue weighted by atomic mass is 9.89. The molecule has 0 aliphatic rings. The Labute approximate surface area is 359 Å². The Bertz CT molecular complexity index is 600. The summed E-state index contributed by atoms with van der Waals surface area (Å²) in [7, 11) is 0. The molecule has 0 nitrogen and oxygen atoms in total. The molecule has 0 rings (SSSR count). The van der Waals surface area contributed by atoms with Gasteiger partial charge in [-0.25, -0.2) is 0 Å². The first-order valence-electron chi connectivity index (χ1n) is 27.8. The predicted molar refractivity (Wildman–Crippen MR) is 261 cm³/mol. The molecule has 338 valence electrons. The molecule has 0 heterocycles. The molecule has 56 heavy (non-hydrogen) atoms. The zero-order chi connectivity index (χ0) is 40.3. The molecule has 0 atom stereocenters. The Morgan fingerprint density at radius 3 is 0.375 bits per heavy atom. The lowest BCUT2D eigenvalue weighted by Crippen LogP contribution is -2.01. The van der Waals surface area contributed by atoms with Gasteiger partial charge in [-0.2, -0.15) is 0 Å². The summed E-state index contributed by atoms with van der Waals surface area (Å²) in [6, 6.07) is 0. The maximum Gasteiger partial charge on any atom is -0.0414 e. The SMILES string of the molecule is CCCCCCCCCCCCCCCCCCCC(CCCCCCCCCCCCCCCCCC)CCCCCCCCCCCCCCCCCC. The minimum absolute atomic E-state index is 1.03. The van der Waals surface area contributed by atoms with Crippen LogP contribution in [0.1, 0.15) is 355 Å². The van der Waals surface area contributed by atoms with Crippen molar-refractivity contribution in [2.75, 3.05) is 0 Å². The van der Waals surface area contributed by atoms with Crippen LogP contribution in [0.3, 0.4) is 0 Å². The van der Waals surface area contributed by atoms with Crippen LogP contribution in [0.5, 0.6) is 0 Å². The molecule has 0 bridgehead atoms. The second kappa shape index (κ2) is 53.0. The van der Waals surface area contributed by atoms with E-state index >= 15 is 0 Å². The maximum absolute atomic E-state index is 2.32. The van der Waals surface area contributed by atoms with Gasteiger partial charge in [-0.15, -0.1) is 0 Å². The Kier molecular flexibility index (Phi) is 53.0. The Morgan fingerprint density at radius 1 is 0.143 bits per heavy atom. The summed E-state index contributed by atoms with van der Waals surface area (Å²) in [4.78, 5) is 0. The monoisotopic (exact) mass is 787 g/mol. The lowest BCUT2D eigenvalue weighted by molar-refractivity contribution is 0.365. The van der Waals surface area contributed by atoms with Crippen molar-refractivity contribution in [2.24, 2.45) is 5.92 Å². The van der Waals surface area contributed by atoms with Crippen LogP contribution in [-0.4, -0.2) is 0 Å². The molecule has 0 aromatic rings. The first kappa shape index (κ1) is 56.0. The topological polar surface area (TPSA) is 0 Å². The molecule has 0 aromatic heterocycles. The molecule has 0 spiro atoms. The predicted octanol–water partition coefficient (Wildman–Crippen LogP) is 21.9. The second-order valence-electron chi connectivity index (χ2n) is 19.5. The van der Waals surface area contributed by atoms with E-state index in [0.29, 0.717) is 0 Å². The highest BCUT2D eigenvalue weighted by Crippen LogP contribution is 2.25. The quantitative estimate of drug-likeness (QED) is 0.0539. The van der Waals surface area contributed by atoms with Gasteiger partial charge in [0.05, 0.1) is 0 Å². The van der Waals surface area contributed by atoms with Gasteiger partial charge >= 0.3 is 0 Å². The van der Waals surface area contributed by atoms with Crippen molar-refractivity contribution in [1.29, 1.82) is 0 Å². The first-order valence-corrected chi connectivity index (χ1v) is 27.8. The fourth-order valence-corrected chi connectivity index (χ4v) is 9.55. The zero-order valence-corrected chi connectivity index (χ0v) is 40.3. The van der Waals surface area contributed by atoms with E-state index < -0.39 is 0 Å². The molecule has 0 aliphatic heterocycles. The molecule has 0 amide bonds. The summed E-state index contributed by atoms with van der Waals surface area (Å²) in [6.07, 6.45) is 77.3. The molecule has 0 aliphatic carbocycles. The summed E-state index contributed by atoms with van der Waals surface area (Å²) in [6.45, 7) is 6.96. The summed E-state index contributed by atoms with van der Waals surface area (Å²) < 4.78 is 0. The van der Waals surface area contributed by atoms with Gasteiger partial charge in [-0.3, -0.25) is 0 Å². The van der Waals surface area contributed by atoms with Crippen molar-refractivity contribution in [3.05, 3.63) is 0 Å². The Balaban J connectivity index is 3.95. The molecule has 0 N–H and O–H groups in total. The van der Waals surface area contributed by atoms with E-state index in [2.05, 4.69) is 20.8 Å². The highest BCUT2D eigenvalue weighted by atomic mass is 14.2. The summed E-state index contributed by atoms with van der Waals surface area (Å²) in [5.74, 6) is 1.03. The maximum atomic E-state index is 2.32. The van der Waals surface area contributed by atoms with Gasteiger partial charge in [0.1, 0.15) is 0 Å². The third kappa shape index (κ3) is 50.1. The van der Waals surface area contributed by atoms with E-state index in [1.165, 1.54) is 334 Å². The fraction of sp³-hybridized carbons (Fsp3) is 1.00. The van der Waals surface area contributed by atoms with Crippen LogP contribution in [0.2, 0.25) is 0 Å². The van der Waals surface area contributed by atoms with Gasteiger partial charge in [-0.05, 0) is 5.92 Å². The van der Waals surface area contributed by atoms with Gasteiger partial charge < -0.3 is 0 Å². The number of rotatable bonds is 52. The van der Waals surface area contributed by atoms with Crippen LogP contribution >= 0.6 is 0 Å². The normalized spacial score (nSPS) is 11.8. The molecule has 0 heteroatoms. The number of hydrogen-bond donors (Lipinski definition) is 0. The van der Waals surface area contributed by atoms with Crippen LogP contribution in [0, 0.1) is 5.92 Å². The van der Waals surface area contributed by atoms with E-state index in [-0.39, 0.29) is 0 Å². The van der Waals surface area contributed by atoms with Crippen LogP contribution in [0.25, 0.3) is 0 Å². The molecular weight excluding hydrogens is 673 g/mol. The van der Waals surface area contributed by atoms with E-state index in [1.807, 2.05) is 0 Å². The van der Waals surface area contributed by atoms with Gasteiger partial charge in [0.25, 0.3) is 0 Å². The van der Waals surface area contributed by atoms with Crippen molar-refractivity contribution in [3.63, 3.8) is 0 Å². The van der Waals surface area contributed by atoms with Crippen molar-refractivity contribution in [1.82, 2.24) is 0 Å². The highest BCUT2D eigenvalue weighted by Gasteiger charge is 2.09. The van der Waals surface area contributed by atoms with E-state index in [1.54, 1.807) is 0 Å². The van der Waals surface area contributed by atoms with Crippen LogP contribution < -0.4 is 0 Å². The number of hydrogen-bond acceptors (Lipinski definition) is 0. The average Bonchev–Trinajstić information content (AvgIpc) is 3.21. The lowest BCUT2D eigenvalue weighted by Gasteiger charge is -2.17. The van der Waals surface area contributed by atoms with Gasteiger partial charge in [0, 0.05) is 0 Å². The van der Waals surface area contributed by atoms with Crippen molar-refractivity contribution in [3.8, 4) is 0 Å². The number of unbranched alkanes of at least 4 members (excludes halogenated alkanes) is 46. The third-order valence-electron chi connectivity index (χ3n) is 13.6. The molecular formula is C56H114. The van der Waals surface area contributed by atoms with E-state index in [9.17, 15) is 0 Å². The van der Waals surface area contributed by atoms with Crippen molar-refractivity contribution >= 4 is 0 Å².